The molecule has 0 amide bonds. The second-order valence-electron chi connectivity index (χ2n) is 5.28. The fourth-order valence-electron chi connectivity index (χ4n) is 2.75. The molecule has 1 aromatic rings. The van der Waals surface area contributed by atoms with E-state index in [9.17, 15) is 4.79 Å². The lowest BCUT2D eigenvalue weighted by Crippen LogP contribution is -2.36. The van der Waals surface area contributed by atoms with Crippen LogP contribution in [0.3, 0.4) is 0 Å². The van der Waals surface area contributed by atoms with Gasteiger partial charge in [-0.15, -0.1) is 0 Å². The first-order valence-corrected chi connectivity index (χ1v) is 8.13. The summed E-state index contributed by atoms with van der Waals surface area (Å²) in [5.74, 6) is 0.0419. The molecule has 1 saturated carbocycles. The lowest BCUT2D eigenvalue weighted by atomic mass is 9.85. The van der Waals surface area contributed by atoms with E-state index in [4.69, 9.17) is 4.74 Å². The molecular weight excluding hydrogens is 318 g/mol. The molecule has 0 spiro atoms. The Morgan fingerprint density at radius 2 is 2.20 bits per heavy atom. The summed E-state index contributed by atoms with van der Waals surface area (Å²) in [5.41, 5.74) is 1.26. The highest BCUT2D eigenvalue weighted by molar-refractivity contribution is 9.10. The zero-order chi connectivity index (χ0) is 14.4. The zero-order valence-corrected chi connectivity index (χ0v) is 13.5. The maximum atomic E-state index is 11.8. The molecule has 0 aliphatic heterocycles. The predicted molar refractivity (Wildman–Crippen MR) is 83.4 cm³/mol. The summed E-state index contributed by atoms with van der Waals surface area (Å²) in [5, 5.41) is 3.57. The topological polar surface area (TPSA) is 38.3 Å². The van der Waals surface area contributed by atoms with Gasteiger partial charge in [-0.25, -0.2) is 0 Å². The molecule has 20 heavy (non-hydrogen) atoms. The van der Waals surface area contributed by atoms with Gasteiger partial charge in [0.2, 0.25) is 0 Å². The van der Waals surface area contributed by atoms with Crippen LogP contribution in [0.2, 0.25) is 0 Å². The minimum Gasteiger partial charge on any atom is -0.466 e. The minimum absolute atomic E-state index is 0.0279. The van der Waals surface area contributed by atoms with Gasteiger partial charge in [0.05, 0.1) is 12.5 Å². The molecule has 0 radical (unpaired) electrons. The highest BCUT2D eigenvalue weighted by Gasteiger charge is 2.27. The Kier molecular flexibility index (Phi) is 6.05. The monoisotopic (exact) mass is 339 g/mol. The maximum absolute atomic E-state index is 11.8. The fraction of sp³-hybridized carbons (Fsp3) is 0.562. The normalized spacial score (nSPS) is 22.5. The van der Waals surface area contributed by atoms with E-state index in [0.717, 1.165) is 36.7 Å². The van der Waals surface area contributed by atoms with Crippen LogP contribution in [-0.2, 0) is 16.1 Å². The average Bonchev–Trinajstić information content (AvgIpc) is 2.47. The third-order valence-corrected chi connectivity index (χ3v) is 4.61. The SMILES string of the molecule is CCOC(=O)C1CCCC(NCc2ccccc2Br)C1. The third-order valence-electron chi connectivity index (χ3n) is 3.83. The van der Waals surface area contributed by atoms with Gasteiger partial charge in [-0.05, 0) is 37.8 Å². The Morgan fingerprint density at radius 3 is 2.95 bits per heavy atom. The van der Waals surface area contributed by atoms with Crippen molar-refractivity contribution in [3.8, 4) is 0 Å². The highest BCUT2D eigenvalue weighted by Crippen LogP contribution is 2.26. The van der Waals surface area contributed by atoms with E-state index >= 15 is 0 Å². The molecule has 3 nitrogen and oxygen atoms in total. The molecule has 1 N–H and O–H groups in total. The first kappa shape index (κ1) is 15.5. The standard InChI is InChI=1S/C16H22BrNO2/c1-2-20-16(19)12-7-5-8-14(10-12)18-11-13-6-3-4-9-15(13)17/h3-4,6,9,12,14,18H,2,5,7-8,10-11H2,1H3. The molecule has 2 atom stereocenters. The zero-order valence-electron chi connectivity index (χ0n) is 11.9. The number of carbonyl (C=O) groups is 1. The van der Waals surface area contributed by atoms with Crippen molar-refractivity contribution in [1.82, 2.24) is 5.32 Å². The van der Waals surface area contributed by atoms with E-state index in [2.05, 4.69) is 33.4 Å². The maximum Gasteiger partial charge on any atom is 0.308 e. The van der Waals surface area contributed by atoms with Crippen LogP contribution in [0.4, 0.5) is 0 Å². The lowest BCUT2D eigenvalue weighted by molar-refractivity contribution is -0.149. The van der Waals surface area contributed by atoms with E-state index in [-0.39, 0.29) is 11.9 Å². The van der Waals surface area contributed by atoms with Gasteiger partial charge in [-0.2, -0.15) is 0 Å². The molecule has 1 aromatic carbocycles. The Morgan fingerprint density at radius 1 is 1.40 bits per heavy atom. The van der Waals surface area contributed by atoms with Gasteiger partial charge in [0.15, 0.2) is 0 Å². The quantitative estimate of drug-likeness (QED) is 0.832. The van der Waals surface area contributed by atoms with Gasteiger partial charge >= 0.3 is 5.97 Å². The molecule has 0 saturated heterocycles. The number of carbonyl (C=O) groups excluding carboxylic acids is 1. The molecule has 2 unspecified atom stereocenters. The van der Waals surface area contributed by atoms with Crippen LogP contribution >= 0.6 is 15.9 Å². The number of ether oxygens (including phenoxy) is 1. The Bertz CT molecular complexity index is 450. The van der Waals surface area contributed by atoms with E-state index in [0.29, 0.717) is 12.6 Å². The molecule has 1 aliphatic carbocycles. The van der Waals surface area contributed by atoms with Gasteiger partial charge in [-0.1, -0.05) is 40.5 Å². The summed E-state index contributed by atoms with van der Waals surface area (Å²) in [6.07, 6.45) is 4.09. The molecule has 0 aromatic heterocycles. The number of esters is 1. The second kappa shape index (κ2) is 7.79. The molecule has 110 valence electrons. The van der Waals surface area contributed by atoms with Crippen molar-refractivity contribution in [2.75, 3.05) is 6.61 Å². The second-order valence-corrected chi connectivity index (χ2v) is 6.14. The Labute approximate surface area is 129 Å². The molecule has 0 heterocycles. The van der Waals surface area contributed by atoms with E-state index in [1.165, 1.54) is 5.56 Å². The number of benzene rings is 1. The first-order chi connectivity index (χ1) is 9.70. The summed E-state index contributed by atoms with van der Waals surface area (Å²) in [4.78, 5) is 11.8. The van der Waals surface area contributed by atoms with Crippen LogP contribution in [0.15, 0.2) is 28.7 Å². The number of halogens is 1. The van der Waals surface area contributed by atoms with E-state index in [1.807, 2.05) is 19.1 Å². The van der Waals surface area contributed by atoms with Crippen LogP contribution < -0.4 is 5.32 Å². The van der Waals surface area contributed by atoms with Crippen molar-refractivity contribution in [3.05, 3.63) is 34.3 Å². The van der Waals surface area contributed by atoms with Gasteiger partial charge in [0.25, 0.3) is 0 Å². The molecule has 4 heteroatoms. The fourth-order valence-corrected chi connectivity index (χ4v) is 3.17. The number of nitrogens with one attached hydrogen (secondary N) is 1. The lowest BCUT2D eigenvalue weighted by Gasteiger charge is -2.28. The molecule has 2 rings (SSSR count). The van der Waals surface area contributed by atoms with Crippen molar-refractivity contribution in [3.63, 3.8) is 0 Å². The van der Waals surface area contributed by atoms with Crippen LogP contribution in [-0.4, -0.2) is 18.6 Å². The van der Waals surface area contributed by atoms with Crippen LogP contribution in [0.5, 0.6) is 0 Å². The number of hydrogen-bond donors (Lipinski definition) is 1. The summed E-state index contributed by atoms with van der Waals surface area (Å²) >= 11 is 3.56. The van der Waals surface area contributed by atoms with Gasteiger partial charge < -0.3 is 10.1 Å². The average molecular weight is 340 g/mol. The van der Waals surface area contributed by atoms with Crippen molar-refractivity contribution >= 4 is 21.9 Å². The van der Waals surface area contributed by atoms with Crippen molar-refractivity contribution in [2.24, 2.45) is 5.92 Å². The molecule has 1 aliphatic rings. The van der Waals surface area contributed by atoms with Gasteiger partial charge in [0, 0.05) is 17.1 Å². The van der Waals surface area contributed by atoms with Crippen LogP contribution in [0.1, 0.15) is 38.2 Å². The van der Waals surface area contributed by atoms with Crippen molar-refractivity contribution in [1.29, 1.82) is 0 Å². The van der Waals surface area contributed by atoms with Gasteiger partial charge in [-0.3, -0.25) is 4.79 Å². The number of rotatable bonds is 5. The highest BCUT2D eigenvalue weighted by atomic mass is 79.9. The van der Waals surface area contributed by atoms with E-state index in [1.54, 1.807) is 0 Å². The summed E-state index contributed by atoms with van der Waals surface area (Å²) in [6, 6.07) is 8.64. The van der Waals surface area contributed by atoms with Gasteiger partial charge in [0.1, 0.15) is 0 Å². The summed E-state index contributed by atoms with van der Waals surface area (Å²) in [7, 11) is 0. The number of hydrogen-bond acceptors (Lipinski definition) is 3. The Hall–Kier alpha value is -0.870. The molecule has 1 fully saturated rings. The molecular formula is C16H22BrNO2. The largest absolute Gasteiger partial charge is 0.466 e. The van der Waals surface area contributed by atoms with Crippen LogP contribution in [0.25, 0.3) is 0 Å². The summed E-state index contributed by atoms with van der Waals surface area (Å²) < 4.78 is 6.27. The van der Waals surface area contributed by atoms with Crippen molar-refractivity contribution in [2.45, 2.75) is 45.2 Å². The Balaban J connectivity index is 1.84. The van der Waals surface area contributed by atoms with Crippen LogP contribution in [0, 0.1) is 5.92 Å². The first-order valence-electron chi connectivity index (χ1n) is 7.34. The van der Waals surface area contributed by atoms with Crippen molar-refractivity contribution < 1.29 is 9.53 Å². The summed E-state index contributed by atoms with van der Waals surface area (Å²) in [6.45, 7) is 3.18. The molecule has 0 bridgehead atoms. The third kappa shape index (κ3) is 4.32. The van der Waals surface area contributed by atoms with E-state index < -0.39 is 0 Å². The predicted octanol–water partition coefficient (Wildman–Crippen LogP) is 3.66. The smallest absolute Gasteiger partial charge is 0.308 e. The minimum atomic E-state index is -0.0279.